The van der Waals surface area contributed by atoms with Crippen molar-refractivity contribution in [2.45, 2.75) is 31.6 Å². The van der Waals surface area contributed by atoms with Crippen LogP contribution in [0.1, 0.15) is 18.4 Å². The van der Waals surface area contributed by atoms with Crippen molar-refractivity contribution in [3.05, 3.63) is 35.9 Å². The lowest BCUT2D eigenvalue weighted by Crippen LogP contribution is -2.39. The SMILES string of the molecule is O=C1CCC(CNCC(O)COCc2ccccc2)N1. The molecule has 1 aromatic carbocycles. The summed E-state index contributed by atoms with van der Waals surface area (Å²) in [6, 6.07) is 10.1. The van der Waals surface area contributed by atoms with Gasteiger partial charge in [0.2, 0.25) is 5.91 Å². The molecule has 1 saturated heterocycles. The van der Waals surface area contributed by atoms with Crippen molar-refractivity contribution in [2.75, 3.05) is 19.7 Å². The van der Waals surface area contributed by atoms with Gasteiger partial charge in [-0.3, -0.25) is 4.79 Å². The zero-order valence-electron chi connectivity index (χ0n) is 11.5. The van der Waals surface area contributed by atoms with Crippen LogP contribution in [0.5, 0.6) is 0 Å². The summed E-state index contributed by atoms with van der Waals surface area (Å²) < 4.78 is 5.46. The van der Waals surface area contributed by atoms with E-state index >= 15 is 0 Å². The molecule has 3 N–H and O–H groups in total. The Bertz CT molecular complexity index is 411. The van der Waals surface area contributed by atoms with Crippen molar-refractivity contribution in [3.8, 4) is 0 Å². The Hall–Kier alpha value is -1.43. The number of benzene rings is 1. The van der Waals surface area contributed by atoms with E-state index in [9.17, 15) is 9.90 Å². The largest absolute Gasteiger partial charge is 0.389 e. The summed E-state index contributed by atoms with van der Waals surface area (Å²) >= 11 is 0. The van der Waals surface area contributed by atoms with E-state index in [1.165, 1.54) is 0 Å². The molecule has 0 bridgehead atoms. The summed E-state index contributed by atoms with van der Waals surface area (Å²) in [5, 5.41) is 15.8. The number of hydrogen-bond acceptors (Lipinski definition) is 4. The maximum absolute atomic E-state index is 11.0. The van der Waals surface area contributed by atoms with E-state index in [2.05, 4.69) is 10.6 Å². The number of carbonyl (C=O) groups is 1. The molecular formula is C15H22N2O3. The smallest absolute Gasteiger partial charge is 0.220 e. The molecule has 2 rings (SSSR count). The minimum absolute atomic E-state index is 0.114. The Morgan fingerprint density at radius 1 is 1.40 bits per heavy atom. The summed E-state index contributed by atoms with van der Waals surface area (Å²) in [6.07, 6.45) is 0.942. The lowest BCUT2D eigenvalue weighted by Gasteiger charge is -2.15. The van der Waals surface area contributed by atoms with Crippen LogP contribution in [0.4, 0.5) is 0 Å². The number of aliphatic hydroxyl groups is 1. The molecule has 5 heteroatoms. The third kappa shape index (κ3) is 5.28. The molecule has 1 fully saturated rings. The highest BCUT2D eigenvalue weighted by atomic mass is 16.5. The van der Waals surface area contributed by atoms with Crippen LogP contribution in [0.15, 0.2) is 30.3 Å². The average molecular weight is 278 g/mol. The second-order valence-electron chi connectivity index (χ2n) is 5.12. The van der Waals surface area contributed by atoms with E-state index in [1.807, 2.05) is 30.3 Å². The third-order valence-corrected chi connectivity index (χ3v) is 3.28. The minimum atomic E-state index is -0.532. The Morgan fingerprint density at radius 2 is 2.20 bits per heavy atom. The molecule has 1 aliphatic rings. The Labute approximate surface area is 119 Å². The van der Waals surface area contributed by atoms with Crippen LogP contribution < -0.4 is 10.6 Å². The highest BCUT2D eigenvalue weighted by Crippen LogP contribution is 2.05. The minimum Gasteiger partial charge on any atom is -0.389 e. The molecular weight excluding hydrogens is 256 g/mol. The van der Waals surface area contributed by atoms with Gasteiger partial charge in [-0.25, -0.2) is 0 Å². The normalized spacial score (nSPS) is 19.9. The fraction of sp³-hybridized carbons (Fsp3) is 0.533. The van der Waals surface area contributed by atoms with Crippen molar-refractivity contribution in [1.82, 2.24) is 10.6 Å². The van der Waals surface area contributed by atoms with Gasteiger partial charge in [0.15, 0.2) is 0 Å². The number of amides is 1. The topological polar surface area (TPSA) is 70.6 Å². The molecule has 1 aromatic rings. The van der Waals surface area contributed by atoms with Crippen LogP contribution >= 0.6 is 0 Å². The molecule has 0 aromatic heterocycles. The van der Waals surface area contributed by atoms with Gasteiger partial charge in [0, 0.05) is 25.6 Å². The zero-order valence-corrected chi connectivity index (χ0v) is 11.5. The van der Waals surface area contributed by atoms with Gasteiger partial charge in [0.1, 0.15) is 0 Å². The van der Waals surface area contributed by atoms with Crippen molar-refractivity contribution < 1.29 is 14.6 Å². The summed E-state index contributed by atoms with van der Waals surface area (Å²) in [5.74, 6) is 0.114. The molecule has 0 saturated carbocycles. The maximum Gasteiger partial charge on any atom is 0.220 e. The molecule has 0 spiro atoms. The van der Waals surface area contributed by atoms with Gasteiger partial charge >= 0.3 is 0 Å². The van der Waals surface area contributed by atoms with Crippen molar-refractivity contribution in [1.29, 1.82) is 0 Å². The van der Waals surface area contributed by atoms with Gasteiger partial charge in [-0.15, -0.1) is 0 Å². The maximum atomic E-state index is 11.0. The van der Waals surface area contributed by atoms with Crippen LogP contribution in [0, 0.1) is 0 Å². The zero-order chi connectivity index (χ0) is 14.2. The Morgan fingerprint density at radius 3 is 2.90 bits per heavy atom. The molecule has 20 heavy (non-hydrogen) atoms. The fourth-order valence-electron chi connectivity index (χ4n) is 2.20. The number of nitrogens with one attached hydrogen (secondary N) is 2. The van der Waals surface area contributed by atoms with Crippen LogP contribution in [0.3, 0.4) is 0 Å². The molecule has 2 atom stereocenters. The molecule has 5 nitrogen and oxygen atoms in total. The molecule has 0 radical (unpaired) electrons. The standard InChI is InChI=1S/C15H22N2O3/c18-14(9-16-8-13-6-7-15(19)17-13)11-20-10-12-4-2-1-3-5-12/h1-5,13-14,16,18H,6-11H2,(H,17,19). The van der Waals surface area contributed by atoms with Crippen molar-refractivity contribution in [3.63, 3.8) is 0 Å². The van der Waals surface area contributed by atoms with Crippen molar-refractivity contribution in [2.24, 2.45) is 0 Å². The van der Waals surface area contributed by atoms with Crippen molar-refractivity contribution >= 4 is 5.91 Å². The summed E-state index contributed by atoms with van der Waals surface area (Å²) in [4.78, 5) is 11.0. The van der Waals surface area contributed by atoms with Crippen LogP contribution in [-0.2, 0) is 16.1 Å². The molecule has 0 aliphatic carbocycles. The predicted molar refractivity (Wildman–Crippen MR) is 76.1 cm³/mol. The summed E-state index contributed by atoms with van der Waals surface area (Å²) in [5.41, 5.74) is 1.10. The number of aliphatic hydroxyl groups excluding tert-OH is 1. The van der Waals surface area contributed by atoms with Gasteiger partial charge in [-0.05, 0) is 12.0 Å². The van der Waals surface area contributed by atoms with E-state index in [0.717, 1.165) is 12.0 Å². The first-order valence-electron chi connectivity index (χ1n) is 7.04. The van der Waals surface area contributed by atoms with Gasteiger partial charge < -0.3 is 20.5 Å². The summed E-state index contributed by atoms with van der Waals surface area (Å²) in [7, 11) is 0. The number of carbonyl (C=O) groups excluding carboxylic acids is 1. The van der Waals surface area contributed by atoms with Gasteiger partial charge in [0.25, 0.3) is 0 Å². The van der Waals surface area contributed by atoms with E-state index < -0.39 is 6.10 Å². The Balaban J connectivity index is 1.52. The first-order chi connectivity index (χ1) is 9.74. The van der Waals surface area contributed by atoms with E-state index in [-0.39, 0.29) is 11.9 Å². The molecule has 1 heterocycles. The monoisotopic (exact) mass is 278 g/mol. The lowest BCUT2D eigenvalue weighted by molar-refractivity contribution is -0.119. The summed E-state index contributed by atoms with van der Waals surface area (Å²) in [6.45, 7) is 1.98. The van der Waals surface area contributed by atoms with Gasteiger partial charge in [-0.1, -0.05) is 30.3 Å². The highest BCUT2D eigenvalue weighted by molar-refractivity contribution is 5.78. The Kier molecular flexibility index (Phi) is 5.98. The molecule has 1 aliphatic heterocycles. The van der Waals surface area contributed by atoms with Gasteiger partial charge in [0.05, 0.1) is 19.3 Å². The quantitative estimate of drug-likeness (QED) is 0.645. The molecule has 2 unspecified atom stereocenters. The predicted octanol–water partition coefficient (Wildman–Crippen LogP) is 0.432. The lowest BCUT2D eigenvalue weighted by atomic mass is 10.2. The van der Waals surface area contributed by atoms with Gasteiger partial charge in [-0.2, -0.15) is 0 Å². The number of hydrogen-bond donors (Lipinski definition) is 3. The number of rotatable bonds is 8. The highest BCUT2D eigenvalue weighted by Gasteiger charge is 2.20. The molecule has 110 valence electrons. The van der Waals surface area contributed by atoms with Crippen LogP contribution in [-0.4, -0.2) is 42.9 Å². The van der Waals surface area contributed by atoms with E-state index in [4.69, 9.17) is 4.74 Å². The van der Waals surface area contributed by atoms with E-state index in [1.54, 1.807) is 0 Å². The first-order valence-corrected chi connectivity index (χ1v) is 7.04. The second-order valence-corrected chi connectivity index (χ2v) is 5.12. The molecule has 1 amide bonds. The van der Waals surface area contributed by atoms with Crippen LogP contribution in [0.25, 0.3) is 0 Å². The third-order valence-electron chi connectivity index (χ3n) is 3.28. The second kappa shape index (κ2) is 7.99. The number of ether oxygens (including phenoxy) is 1. The average Bonchev–Trinajstić information content (AvgIpc) is 2.86. The van der Waals surface area contributed by atoms with Crippen LogP contribution in [0.2, 0.25) is 0 Å². The fourth-order valence-corrected chi connectivity index (χ4v) is 2.20. The van der Waals surface area contributed by atoms with E-state index in [0.29, 0.717) is 32.7 Å². The first kappa shape index (κ1) is 15.0.